The molecule has 2 atom stereocenters. The van der Waals surface area contributed by atoms with Crippen LogP contribution in [0.25, 0.3) is 0 Å². The van der Waals surface area contributed by atoms with Gasteiger partial charge < -0.3 is 10.1 Å². The fourth-order valence-corrected chi connectivity index (χ4v) is 7.11. The molecule has 9 heteroatoms. The largest absolute Gasteiger partial charge is 0.493 e. The predicted octanol–water partition coefficient (Wildman–Crippen LogP) is 6.36. The van der Waals surface area contributed by atoms with Gasteiger partial charge in [0.15, 0.2) is 0 Å². The van der Waals surface area contributed by atoms with Crippen LogP contribution in [0.5, 0.6) is 5.75 Å². The fraction of sp³-hybridized carbons (Fsp3) is 0.345. The van der Waals surface area contributed by atoms with Crippen molar-refractivity contribution >= 4 is 39.1 Å². The van der Waals surface area contributed by atoms with Crippen molar-refractivity contribution in [3.8, 4) is 5.75 Å². The number of halogens is 2. The topological polar surface area (TPSA) is 71.0 Å². The smallest absolute Gasteiger partial charge is 0.243 e. The molecule has 6 nitrogen and oxygen atoms in total. The van der Waals surface area contributed by atoms with Crippen molar-refractivity contribution in [2.45, 2.75) is 49.6 Å². The summed E-state index contributed by atoms with van der Waals surface area (Å²) in [4.78, 5) is 5.47. The third-order valence-electron chi connectivity index (χ3n) is 7.72. The summed E-state index contributed by atoms with van der Waals surface area (Å²) in [5.41, 5.74) is 1.29. The van der Waals surface area contributed by atoms with Gasteiger partial charge in [-0.2, -0.15) is 4.31 Å². The minimum absolute atomic E-state index is 0.228. The second kappa shape index (κ2) is 10.2. The first-order valence-electron chi connectivity index (χ1n) is 12.8. The van der Waals surface area contributed by atoms with Crippen LogP contribution in [0.2, 0.25) is 10.0 Å². The minimum Gasteiger partial charge on any atom is -0.493 e. The van der Waals surface area contributed by atoms with Crippen molar-refractivity contribution in [2.24, 2.45) is 4.99 Å². The normalized spacial score (nSPS) is 23.8. The Morgan fingerprint density at radius 3 is 2.08 bits per heavy atom. The van der Waals surface area contributed by atoms with Crippen LogP contribution in [0.1, 0.15) is 50.3 Å². The first-order valence-corrected chi connectivity index (χ1v) is 15.0. The van der Waals surface area contributed by atoms with Gasteiger partial charge in [-0.3, -0.25) is 4.99 Å². The van der Waals surface area contributed by atoms with E-state index in [0.29, 0.717) is 46.9 Å². The van der Waals surface area contributed by atoms with E-state index in [-0.39, 0.29) is 4.90 Å². The molecule has 200 valence electrons. The van der Waals surface area contributed by atoms with Crippen LogP contribution < -0.4 is 10.1 Å². The molecule has 0 unspecified atom stereocenters. The number of nitrogens with zero attached hydrogens (tertiary/aromatic N) is 2. The van der Waals surface area contributed by atoms with E-state index in [2.05, 4.69) is 19.2 Å². The highest BCUT2D eigenvalue weighted by Gasteiger charge is 2.52. The van der Waals surface area contributed by atoms with Crippen LogP contribution >= 0.6 is 23.2 Å². The summed E-state index contributed by atoms with van der Waals surface area (Å²) in [5, 5.41) is 4.97. The van der Waals surface area contributed by atoms with Crippen molar-refractivity contribution in [2.75, 3.05) is 19.7 Å². The maximum atomic E-state index is 13.3. The lowest BCUT2D eigenvalue weighted by molar-refractivity contribution is 0.268. The number of nitrogens with one attached hydrogen (secondary N) is 1. The van der Waals surface area contributed by atoms with E-state index in [9.17, 15) is 8.42 Å². The fourth-order valence-electron chi connectivity index (χ4n) is 5.32. The zero-order chi connectivity index (χ0) is 27.1. The van der Waals surface area contributed by atoms with Crippen molar-refractivity contribution in [3.63, 3.8) is 0 Å². The molecule has 1 N–H and O–H groups in total. The SMILES string of the molecule is CCOc1cc(S(=O)(=O)N2CCCC2)ccc1C1=N[C@@](C)(c2ccc(Cl)cc2)[C@@](C)(c2ccc(Cl)cc2)N1. The van der Waals surface area contributed by atoms with E-state index < -0.39 is 21.1 Å². The van der Waals surface area contributed by atoms with E-state index in [1.807, 2.05) is 55.5 Å². The van der Waals surface area contributed by atoms with Crippen LogP contribution in [0.3, 0.4) is 0 Å². The molecule has 0 radical (unpaired) electrons. The van der Waals surface area contributed by atoms with E-state index >= 15 is 0 Å². The summed E-state index contributed by atoms with van der Waals surface area (Å²) >= 11 is 12.4. The molecule has 2 heterocycles. The van der Waals surface area contributed by atoms with Crippen LogP contribution in [-0.2, 0) is 21.1 Å². The number of hydrogen-bond acceptors (Lipinski definition) is 5. The van der Waals surface area contributed by atoms with Gasteiger partial charge in [0.2, 0.25) is 10.0 Å². The van der Waals surface area contributed by atoms with Gasteiger partial charge in [0.05, 0.1) is 22.6 Å². The molecule has 2 aliphatic heterocycles. The summed E-state index contributed by atoms with van der Waals surface area (Å²) in [6.07, 6.45) is 1.76. The molecule has 0 aliphatic carbocycles. The van der Waals surface area contributed by atoms with E-state index in [4.69, 9.17) is 32.9 Å². The van der Waals surface area contributed by atoms with Gasteiger partial charge in [0, 0.05) is 29.2 Å². The average Bonchev–Trinajstić information content (AvgIpc) is 3.53. The number of sulfonamides is 1. The number of hydrogen-bond donors (Lipinski definition) is 1. The average molecular weight is 573 g/mol. The molecule has 1 fully saturated rings. The van der Waals surface area contributed by atoms with Crippen molar-refractivity contribution < 1.29 is 13.2 Å². The number of benzene rings is 3. The maximum Gasteiger partial charge on any atom is 0.243 e. The third kappa shape index (κ3) is 4.60. The first kappa shape index (κ1) is 27.0. The standard InChI is InChI=1S/C29H31Cl2N3O3S/c1-4-37-26-19-24(38(35,36)34-17-5-6-18-34)15-16-25(26)27-32-28(2,20-7-11-22(30)12-8-20)29(3,33-27)21-9-13-23(31)14-10-21/h7-16,19H,4-6,17-18H2,1-3H3,(H,32,33)/t28-,29+. The van der Waals surface area contributed by atoms with E-state index in [1.54, 1.807) is 18.2 Å². The van der Waals surface area contributed by atoms with E-state index in [1.165, 1.54) is 4.31 Å². The molecule has 1 saturated heterocycles. The molecule has 3 aromatic rings. The van der Waals surface area contributed by atoms with Crippen molar-refractivity contribution in [1.82, 2.24) is 9.62 Å². The summed E-state index contributed by atoms with van der Waals surface area (Å²) in [6.45, 7) is 7.54. The molecule has 0 aromatic heterocycles. The molecular formula is C29H31Cl2N3O3S. The molecule has 0 spiro atoms. The summed E-state index contributed by atoms with van der Waals surface area (Å²) in [5.74, 6) is 1.09. The molecule has 0 bridgehead atoms. The van der Waals surface area contributed by atoms with Crippen LogP contribution in [0.15, 0.2) is 76.6 Å². The highest BCUT2D eigenvalue weighted by Crippen LogP contribution is 2.48. The summed E-state index contributed by atoms with van der Waals surface area (Å²) < 4.78 is 34.0. The lowest BCUT2D eigenvalue weighted by Gasteiger charge is -2.40. The lowest BCUT2D eigenvalue weighted by atomic mass is 9.72. The molecular weight excluding hydrogens is 541 g/mol. The zero-order valence-corrected chi connectivity index (χ0v) is 24.0. The minimum atomic E-state index is -3.59. The molecule has 5 rings (SSSR count). The monoisotopic (exact) mass is 571 g/mol. The highest BCUT2D eigenvalue weighted by atomic mass is 35.5. The van der Waals surface area contributed by atoms with Gasteiger partial charge in [-0.05, 0) is 81.1 Å². The van der Waals surface area contributed by atoms with Gasteiger partial charge in [-0.25, -0.2) is 8.42 Å². The van der Waals surface area contributed by atoms with Gasteiger partial charge in [0.1, 0.15) is 17.1 Å². The van der Waals surface area contributed by atoms with Gasteiger partial charge >= 0.3 is 0 Å². The van der Waals surface area contributed by atoms with Crippen LogP contribution in [0, 0.1) is 0 Å². The molecule has 38 heavy (non-hydrogen) atoms. The third-order valence-corrected chi connectivity index (χ3v) is 10.1. The quantitative estimate of drug-likeness (QED) is 0.358. The summed E-state index contributed by atoms with van der Waals surface area (Å²) in [7, 11) is -3.59. The highest BCUT2D eigenvalue weighted by molar-refractivity contribution is 7.89. The number of amidine groups is 1. The Labute approximate surface area is 234 Å². The van der Waals surface area contributed by atoms with E-state index in [0.717, 1.165) is 24.0 Å². The Bertz CT molecular complexity index is 1470. The van der Waals surface area contributed by atoms with Gasteiger partial charge in [-0.15, -0.1) is 0 Å². The second-order valence-corrected chi connectivity index (χ2v) is 12.8. The van der Waals surface area contributed by atoms with Gasteiger partial charge in [-0.1, -0.05) is 47.5 Å². The van der Waals surface area contributed by atoms with Crippen LogP contribution in [-0.4, -0.2) is 38.3 Å². The predicted molar refractivity (Wildman–Crippen MR) is 153 cm³/mol. The number of ether oxygens (including phenoxy) is 1. The lowest BCUT2D eigenvalue weighted by Crippen LogP contribution is -2.50. The molecule has 0 amide bonds. The summed E-state index contributed by atoms with van der Waals surface area (Å²) in [6, 6.07) is 20.5. The molecule has 0 saturated carbocycles. The Morgan fingerprint density at radius 2 is 1.50 bits per heavy atom. The Kier molecular flexibility index (Phi) is 7.24. The second-order valence-electron chi connectivity index (χ2n) is 10.00. The number of rotatable bonds is 7. The Balaban J connectivity index is 1.63. The van der Waals surface area contributed by atoms with Crippen LogP contribution in [0.4, 0.5) is 0 Å². The zero-order valence-electron chi connectivity index (χ0n) is 21.7. The Hall–Kier alpha value is -2.58. The van der Waals surface area contributed by atoms with Gasteiger partial charge in [0.25, 0.3) is 0 Å². The maximum absolute atomic E-state index is 13.3. The first-order chi connectivity index (χ1) is 18.1. The number of aliphatic imine (C=N–C) groups is 1. The van der Waals surface area contributed by atoms with Crippen molar-refractivity contribution in [3.05, 3.63) is 93.5 Å². The van der Waals surface area contributed by atoms with Crippen molar-refractivity contribution in [1.29, 1.82) is 0 Å². The molecule has 3 aromatic carbocycles. The molecule has 2 aliphatic rings. The Morgan fingerprint density at radius 1 is 0.921 bits per heavy atom.